The Morgan fingerprint density at radius 2 is 1.55 bits per heavy atom. The fraction of sp³-hybridized carbons (Fsp3) is 0.143. The van der Waals surface area contributed by atoms with Crippen molar-refractivity contribution in [3.05, 3.63) is 94.8 Å². The Labute approximate surface area is 189 Å². The van der Waals surface area contributed by atoms with Crippen LogP contribution in [0.15, 0.2) is 71.2 Å². The van der Waals surface area contributed by atoms with Crippen LogP contribution >= 0.6 is 0 Å². The number of hydrogen-bond acceptors (Lipinski definition) is 1. The Bertz CT molecular complexity index is 1770. The molecule has 0 aliphatic heterocycles. The molecule has 0 aliphatic carbocycles. The van der Waals surface area contributed by atoms with Gasteiger partial charge in [-0.05, 0) is 37.5 Å². The summed E-state index contributed by atoms with van der Waals surface area (Å²) in [4.78, 5) is 3.62. The fourth-order valence-electron chi connectivity index (χ4n) is 4.23. The topological polar surface area (TPSA) is 21.4 Å². The molecule has 2 heterocycles. The quantitative estimate of drug-likeness (QED) is 0.223. The highest BCUT2D eigenvalue weighted by molar-refractivity contribution is 6.15. The van der Waals surface area contributed by atoms with Gasteiger partial charge in [0.05, 0.1) is 19.0 Å². The average Bonchev–Trinajstić information content (AvgIpc) is 3.24. The Morgan fingerprint density at radius 3 is 2.26 bits per heavy atom. The summed E-state index contributed by atoms with van der Waals surface area (Å²) in [5.74, 6) is 0. The number of nitrogens with zero attached hydrogens (tertiary/aromatic N) is 2. The Morgan fingerprint density at radius 1 is 0.871 bits per heavy atom. The van der Waals surface area contributed by atoms with E-state index in [4.69, 9.17) is 17.8 Å². The molecule has 31 heavy (non-hydrogen) atoms. The van der Waals surface area contributed by atoms with Crippen LogP contribution in [0, 0.1) is 27.3 Å². The largest absolute Gasteiger partial charge is 0.456 e. The predicted octanol–water partition coefficient (Wildman–Crippen LogP) is 7.22. The molecular weight excluding hydrogens is 380 g/mol. The summed E-state index contributed by atoms with van der Waals surface area (Å²) in [6, 6.07) is 7.37. The van der Waals surface area contributed by atoms with Gasteiger partial charge in [-0.3, -0.25) is 0 Å². The zero-order valence-corrected chi connectivity index (χ0v) is 17.8. The summed E-state index contributed by atoms with van der Waals surface area (Å²) >= 11 is 0. The highest BCUT2D eigenvalue weighted by Crippen LogP contribution is 2.44. The summed E-state index contributed by atoms with van der Waals surface area (Å²) in [5, 5.41) is 1.55. The Hall–Kier alpha value is -3.90. The van der Waals surface area contributed by atoms with Crippen molar-refractivity contribution >= 4 is 27.6 Å². The second-order valence-corrected chi connectivity index (χ2v) is 7.77. The molecular formula is C28H23N2O+. The maximum atomic E-state index is 8.52. The smallest absolute Gasteiger partial charge is 0.219 e. The van der Waals surface area contributed by atoms with Crippen molar-refractivity contribution in [2.24, 2.45) is 7.05 Å². The number of fused-ring (bicyclic) bond motifs is 3. The van der Waals surface area contributed by atoms with Crippen LogP contribution in [0.1, 0.15) is 23.5 Å². The first-order chi connectivity index (χ1) is 17.1. The molecule has 0 amide bonds. The van der Waals surface area contributed by atoms with Crippen molar-refractivity contribution in [1.29, 1.82) is 0 Å². The van der Waals surface area contributed by atoms with Crippen LogP contribution in [0.3, 0.4) is 0 Å². The molecule has 0 saturated heterocycles. The summed E-state index contributed by atoms with van der Waals surface area (Å²) < 4.78 is 49.9. The number of aromatic nitrogens is 1. The van der Waals surface area contributed by atoms with Gasteiger partial charge in [0.2, 0.25) is 5.69 Å². The first-order valence-electron chi connectivity index (χ1n) is 12.5. The fourth-order valence-corrected chi connectivity index (χ4v) is 4.23. The monoisotopic (exact) mass is 408 g/mol. The van der Waals surface area contributed by atoms with E-state index in [1.54, 1.807) is 12.1 Å². The first kappa shape index (κ1) is 14.2. The number of furan rings is 1. The molecule has 5 rings (SSSR count). The van der Waals surface area contributed by atoms with Crippen molar-refractivity contribution in [2.75, 3.05) is 0 Å². The molecule has 0 unspecified atom stereocenters. The number of rotatable bonds is 2. The second-order valence-electron chi connectivity index (χ2n) is 7.77. The molecule has 0 radical (unpaired) electrons. The van der Waals surface area contributed by atoms with E-state index < -0.39 is 18.1 Å². The van der Waals surface area contributed by atoms with E-state index in [-0.39, 0.29) is 28.9 Å². The lowest BCUT2D eigenvalue weighted by Crippen LogP contribution is -2.32. The van der Waals surface area contributed by atoms with Gasteiger partial charge in [0.1, 0.15) is 18.2 Å². The van der Waals surface area contributed by atoms with Crippen LogP contribution in [-0.2, 0) is 7.05 Å². The first-order valence-corrected chi connectivity index (χ1v) is 9.98. The summed E-state index contributed by atoms with van der Waals surface area (Å²) in [5.41, 5.74) is 6.50. The van der Waals surface area contributed by atoms with E-state index in [0.29, 0.717) is 16.6 Å². The maximum absolute atomic E-state index is 8.52. The summed E-state index contributed by atoms with van der Waals surface area (Å²) in [6.45, 7) is 13.9. The zero-order valence-electron chi connectivity index (χ0n) is 22.8. The third-order valence-corrected chi connectivity index (χ3v) is 5.95. The number of pyridine rings is 1. The van der Waals surface area contributed by atoms with Gasteiger partial charge < -0.3 is 4.42 Å². The van der Waals surface area contributed by atoms with E-state index in [0.717, 1.165) is 33.3 Å². The molecule has 0 N–H and O–H groups in total. The molecule has 0 aliphatic rings. The van der Waals surface area contributed by atoms with Gasteiger partial charge in [-0.25, -0.2) is 9.41 Å². The van der Waals surface area contributed by atoms with E-state index in [2.05, 4.69) is 29.3 Å². The standard InChI is InChI=1S/C28H23N2O/c1-17-15-16-30(5)26(19(17)3)24-18(2)11-12-21-22-13-14-23(29-4)25(28(22)31-27(21)24)20-9-7-6-8-10-20/h6-16H,1-3,5H3/q+1/i6D,7D,8D,9D,10D. The lowest BCUT2D eigenvalue weighted by molar-refractivity contribution is -0.660. The van der Waals surface area contributed by atoms with Crippen LogP contribution in [0.4, 0.5) is 5.69 Å². The minimum atomic E-state index is -0.477. The Kier molecular flexibility index (Phi) is 3.25. The van der Waals surface area contributed by atoms with Crippen molar-refractivity contribution in [3.63, 3.8) is 0 Å². The highest BCUT2D eigenvalue weighted by atomic mass is 16.3. The number of hydrogen-bond donors (Lipinski definition) is 0. The number of aryl methyl sites for hydroxylation is 3. The van der Waals surface area contributed by atoms with Crippen LogP contribution in [0.2, 0.25) is 0 Å². The Balaban J connectivity index is 1.99. The van der Waals surface area contributed by atoms with Crippen molar-refractivity contribution in [2.45, 2.75) is 20.8 Å². The molecule has 3 aromatic carbocycles. The molecule has 5 aromatic rings. The van der Waals surface area contributed by atoms with Gasteiger partial charge in [-0.1, -0.05) is 54.5 Å². The third-order valence-electron chi connectivity index (χ3n) is 5.95. The van der Waals surface area contributed by atoms with Gasteiger partial charge in [0.25, 0.3) is 0 Å². The SMILES string of the molecule is [2H]c1c([2H])c([2H])c(-c2c([N+]#[C-])ccc3c2oc2c(-c4c(C)c(C)cc[n+]4C)c(C)ccc23)c([2H])c1[2H]. The zero-order chi connectivity index (χ0) is 26.0. The lowest BCUT2D eigenvalue weighted by atomic mass is 9.95. The lowest BCUT2D eigenvalue weighted by Gasteiger charge is -2.09. The molecule has 0 saturated carbocycles. The molecule has 150 valence electrons. The normalized spacial score (nSPS) is 13.5. The van der Waals surface area contributed by atoms with E-state index in [1.165, 1.54) is 0 Å². The second kappa shape index (κ2) is 7.11. The van der Waals surface area contributed by atoms with Gasteiger partial charge in [-0.2, -0.15) is 0 Å². The van der Waals surface area contributed by atoms with E-state index >= 15 is 0 Å². The molecule has 0 bridgehead atoms. The average molecular weight is 409 g/mol. The van der Waals surface area contributed by atoms with Crippen LogP contribution in [0.25, 0.3) is 49.2 Å². The van der Waals surface area contributed by atoms with Crippen LogP contribution in [-0.4, -0.2) is 0 Å². The van der Waals surface area contributed by atoms with E-state index in [1.807, 2.05) is 32.3 Å². The summed E-state index contributed by atoms with van der Waals surface area (Å²) in [7, 11) is 1.98. The van der Waals surface area contributed by atoms with Gasteiger partial charge in [0, 0.05) is 28.0 Å². The van der Waals surface area contributed by atoms with Crippen molar-refractivity contribution in [3.8, 4) is 22.4 Å². The van der Waals surface area contributed by atoms with Gasteiger partial charge in [0.15, 0.2) is 11.9 Å². The molecule has 0 spiro atoms. The minimum Gasteiger partial charge on any atom is -0.456 e. The summed E-state index contributed by atoms with van der Waals surface area (Å²) in [6.07, 6.45) is 2.01. The third kappa shape index (κ3) is 2.84. The van der Waals surface area contributed by atoms with Crippen molar-refractivity contribution < 1.29 is 15.8 Å². The molecule has 0 fully saturated rings. The predicted molar refractivity (Wildman–Crippen MR) is 126 cm³/mol. The van der Waals surface area contributed by atoms with Gasteiger partial charge in [-0.15, -0.1) is 0 Å². The number of benzene rings is 3. The molecule has 3 nitrogen and oxygen atoms in total. The van der Waals surface area contributed by atoms with Crippen molar-refractivity contribution in [1.82, 2.24) is 0 Å². The minimum absolute atomic E-state index is 0.0350. The van der Waals surface area contributed by atoms with Gasteiger partial charge >= 0.3 is 0 Å². The molecule has 0 atom stereocenters. The highest BCUT2D eigenvalue weighted by Gasteiger charge is 2.25. The van der Waals surface area contributed by atoms with Crippen LogP contribution in [0.5, 0.6) is 0 Å². The maximum Gasteiger partial charge on any atom is 0.219 e. The van der Waals surface area contributed by atoms with Crippen LogP contribution < -0.4 is 4.57 Å². The molecule has 2 aromatic heterocycles. The molecule has 3 heteroatoms. The van der Waals surface area contributed by atoms with E-state index in [9.17, 15) is 0 Å².